The largest absolute Gasteiger partial charge is 0.497 e. The number of carbonyl (C=O) groups is 1. The van der Waals surface area contributed by atoms with Crippen LogP contribution in [0.4, 0.5) is 5.69 Å². The standard InChI is InChI=1S/C18H19NO3/c1-21-14-9-7-13(8-10-14)18(11-12-18)17(20)19-15-5-3-4-6-16(15)22-2/h3-10H,11-12H2,1-2H3,(H,19,20). The highest BCUT2D eigenvalue weighted by Crippen LogP contribution is 2.49. The lowest BCUT2D eigenvalue weighted by molar-refractivity contribution is -0.118. The Morgan fingerprint density at radius 1 is 1.00 bits per heavy atom. The number of ether oxygens (including phenoxy) is 2. The number of carbonyl (C=O) groups excluding carboxylic acids is 1. The van der Waals surface area contributed by atoms with Crippen LogP contribution in [-0.4, -0.2) is 20.1 Å². The molecule has 1 saturated carbocycles. The molecule has 2 aromatic rings. The SMILES string of the molecule is COc1ccc(C2(C(=O)Nc3ccccc3OC)CC2)cc1. The van der Waals surface area contributed by atoms with E-state index < -0.39 is 5.41 Å². The average molecular weight is 297 g/mol. The first kappa shape index (κ1) is 14.4. The van der Waals surface area contributed by atoms with Crippen molar-refractivity contribution in [3.8, 4) is 11.5 Å². The van der Waals surface area contributed by atoms with Crippen molar-refractivity contribution in [1.29, 1.82) is 0 Å². The van der Waals surface area contributed by atoms with Crippen LogP contribution in [0.25, 0.3) is 0 Å². The van der Waals surface area contributed by atoms with Crippen LogP contribution in [0.2, 0.25) is 0 Å². The lowest BCUT2D eigenvalue weighted by atomic mass is 9.94. The molecule has 3 rings (SSSR count). The molecule has 1 aliphatic rings. The van der Waals surface area contributed by atoms with E-state index in [-0.39, 0.29) is 5.91 Å². The first-order valence-corrected chi connectivity index (χ1v) is 7.28. The quantitative estimate of drug-likeness (QED) is 0.920. The van der Waals surface area contributed by atoms with Gasteiger partial charge in [0.15, 0.2) is 0 Å². The summed E-state index contributed by atoms with van der Waals surface area (Å²) in [5, 5.41) is 3.00. The number of hydrogen-bond acceptors (Lipinski definition) is 3. The van der Waals surface area contributed by atoms with Gasteiger partial charge in [0.05, 0.1) is 25.3 Å². The number of anilines is 1. The highest BCUT2D eigenvalue weighted by Gasteiger charge is 2.51. The Balaban J connectivity index is 1.81. The van der Waals surface area contributed by atoms with E-state index in [1.807, 2.05) is 48.5 Å². The van der Waals surface area contributed by atoms with Crippen molar-refractivity contribution < 1.29 is 14.3 Å². The number of para-hydroxylation sites is 2. The highest BCUT2D eigenvalue weighted by molar-refractivity contribution is 6.02. The van der Waals surface area contributed by atoms with Crippen LogP contribution in [0.1, 0.15) is 18.4 Å². The van der Waals surface area contributed by atoms with Crippen LogP contribution in [-0.2, 0) is 10.2 Å². The average Bonchev–Trinajstić information content (AvgIpc) is 3.37. The topological polar surface area (TPSA) is 47.6 Å². The Hall–Kier alpha value is -2.49. The van der Waals surface area contributed by atoms with Crippen molar-refractivity contribution in [3.05, 3.63) is 54.1 Å². The molecule has 0 bridgehead atoms. The predicted molar refractivity (Wildman–Crippen MR) is 85.5 cm³/mol. The van der Waals surface area contributed by atoms with Crippen LogP contribution in [0.3, 0.4) is 0 Å². The molecule has 4 heteroatoms. The fourth-order valence-corrected chi connectivity index (χ4v) is 2.67. The number of benzene rings is 2. The van der Waals surface area contributed by atoms with Crippen LogP contribution in [0.5, 0.6) is 11.5 Å². The van der Waals surface area contributed by atoms with E-state index >= 15 is 0 Å². The third-order valence-electron chi connectivity index (χ3n) is 4.18. The molecule has 0 atom stereocenters. The van der Waals surface area contributed by atoms with Gasteiger partial charge in [0.1, 0.15) is 11.5 Å². The van der Waals surface area contributed by atoms with E-state index in [1.54, 1.807) is 14.2 Å². The minimum Gasteiger partial charge on any atom is -0.497 e. The molecule has 0 heterocycles. The van der Waals surface area contributed by atoms with Gasteiger partial charge in [-0.25, -0.2) is 0 Å². The molecule has 0 unspecified atom stereocenters. The van der Waals surface area contributed by atoms with Gasteiger partial charge in [-0.2, -0.15) is 0 Å². The van der Waals surface area contributed by atoms with Crippen molar-refractivity contribution in [2.75, 3.05) is 19.5 Å². The molecule has 114 valence electrons. The molecule has 0 aromatic heterocycles. The Bertz CT molecular complexity index is 675. The lowest BCUT2D eigenvalue weighted by Crippen LogP contribution is -2.27. The summed E-state index contributed by atoms with van der Waals surface area (Å²) < 4.78 is 10.5. The van der Waals surface area contributed by atoms with Gasteiger partial charge in [-0.15, -0.1) is 0 Å². The van der Waals surface area contributed by atoms with Crippen molar-refractivity contribution in [2.24, 2.45) is 0 Å². The molecule has 1 amide bonds. The van der Waals surface area contributed by atoms with E-state index in [9.17, 15) is 4.79 Å². The molecular formula is C18H19NO3. The summed E-state index contributed by atoms with van der Waals surface area (Å²) in [7, 11) is 3.23. The van der Waals surface area contributed by atoms with Crippen molar-refractivity contribution in [3.63, 3.8) is 0 Å². The van der Waals surface area contributed by atoms with Gasteiger partial charge in [0.25, 0.3) is 0 Å². The fourth-order valence-electron chi connectivity index (χ4n) is 2.67. The van der Waals surface area contributed by atoms with Crippen molar-refractivity contribution in [1.82, 2.24) is 0 Å². The van der Waals surface area contributed by atoms with Crippen LogP contribution >= 0.6 is 0 Å². The smallest absolute Gasteiger partial charge is 0.235 e. The summed E-state index contributed by atoms with van der Waals surface area (Å²) in [6, 6.07) is 15.2. The lowest BCUT2D eigenvalue weighted by Gasteiger charge is -2.17. The summed E-state index contributed by atoms with van der Waals surface area (Å²) in [6.45, 7) is 0. The maximum Gasteiger partial charge on any atom is 0.235 e. The summed E-state index contributed by atoms with van der Waals surface area (Å²) in [5.74, 6) is 1.48. The van der Waals surface area contributed by atoms with Gasteiger partial charge in [0, 0.05) is 0 Å². The zero-order valence-corrected chi connectivity index (χ0v) is 12.8. The Morgan fingerprint density at radius 2 is 1.68 bits per heavy atom. The zero-order chi connectivity index (χ0) is 15.6. The van der Waals surface area contributed by atoms with Crippen molar-refractivity contribution in [2.45, 2.75) is 18.3 Å². The van der Waals surface area contributed by atoms with E-state index in [0.717, 1.165) is 24.2 Å². The number of methoxy groups -OCH3 is 2. The summed E-state index contributed by atoms with van der Waals surface area (Å²) in [5.41, 5.74) is 1.31. The molecule has 0 radical (unpaired) electrons. The second kappa shape index (κ2) is 5.72. The molecule has 0 saturated heterocycles. The number of hydrogen-bond donors (Lipinski definition) is 1. The highest BCUT2D eigenvalue weighted by atomic mass is 16.5. The molecule has 1 fully saturated rings. The number of rotatable bonds is 5. The Morgan fingerprint density at radius 3 is 2.27 bits per heavy atom. The van der Waals surface area contributed by atoms with E-state index in [1.165, 1.54) is 0 Å². The van der Waals surface area contributed by atoms with Crippen LogP contribution < -0.4 is 14.8 Å². The summed E-state index contributed by atoms with van der Waals surface area (Å²) >= 11 is 0. The maximum absolute atomic E-state index is 12.7. The second-order valence-corrected chi connectivity index (χ2v) is 5.47. The van der Waals surface area contributed by atoms with E-state index in [2.05, 4.69) is 5.32 Å². The van der Waals surface area contributed by atoms with Gasteiger partial charge >= 0.3 is 0 Å². The third kappa shape index (κ3) is 2.52. The van der Waals surface area contributed by atoms with Gasteiger partial charge in [0.2, 0.25) is 5.91 Å². The molecule has 1 N–H and O–H groups in total. The Kier molecular flexibility index (Phi) is 3.75. The second-order valence-electron chi connectivity index (χ2n) is 5.47. The zero-order valence-electron chi connectivity index (χ0n) is 12.8. The van der Waals surface area contributed by atoms with E-state index in [0.29, 0.717) is 11.4 Å². The maximum atomic E-state index is 12.7. The summed E-state index contributed by atoms with van der Waals surface area (Å²) in [4.78, 5) is 12.7. The molecule has 1 aliphatic carbocycles. The van der Waals surface area contributed by atoms with Crippen LogP contribution in [0.15, 0.2) is 48.5 Å². The first-order chi connectivity index (χ1) is 10.7. The Labute approximate surface area is 130 Å². The molecule has 22 heavy (non-hydrogen) atoms. The van der Waals surface area contributed by atoms with Gasteiger partial charge in [-0.05, 0) is 42.7 Å². The summed E-state index contributed by atoms with van der Waals surface area (Å²) in [6.07, 6.45) is 1.72. The van der Waals surface area contributed by atoms with E-state index in [4.69, 9.17) is 9.47 Å². The van der Waals surface area contributed by atoms with Gasteiger partial charge in [-0.3, -0.25) is 4.79 Å². The van der Waals surface area contributed by atoms with Crippen molar-refractivity contribution >= 4 is 11.6 Å². The third-order valence-corrected chi connectivity index (χ3v) is 4.18. The normalized spacial score (nSPS) is 15.0. The molecule has 2 aromatic carbocycles. The number of nitrogens with one attached hydrogen (secondary N) is 1. The fraction of sp³-hybridized carbons (Fsp3) is 0.278. The van der Waals surface area contributed by atoms with Crippen LogP contribution in [0, 0.1) is 0 Å². The monoisotopic (exact) mass is 297 g/mol. The van der Waals surface area contributed by atoms with Gasteiger partial charge in [-0.1, -0.05) is 24.3 Å². The van der Waals surface area contributed by atoms with Gasteiger partial charge < -0.3 is 14.8 Å². The molecule has 0 spiro atoms. The molecular weight excluding hydrogens is 278 g/mol. The molecule has 0 aliphatic heterocycles. The minimum atomic E-state index is -0.423. The number of amides is 1. The minimum absolute atomic E-state index is 0.0159. The first-order valence-electron chi connectivity index (χ1n) is 7.28. The molecule has 4 nitrogen and oxygen atoms in total. The predicted octanol–water partition coefficient (Wildman–Crippen LogP) is 3.37.